The Balaban J connectivity index is 1.52. The monoisotopic (exact) mass is 411 g/mol. The van der Waals surface area contributed by atoms with E-state index in [0.29, 0.717) is 11.4 Å². The molecule has 2 heterocycles. The van der Waals surface area contributed by atoms with Gasteiger partial charge in [0.2, 0.25) is 0 Å². The van der Waals surface area contributed by atoms with Crippen LogP contribution in [0.15, 0.2) is 54.9 Å². The van der Waals surface area contributed by atoms with E-state index in [1.54, 1.807) is 18.5 Å². The highest BCUT2D eigenvalue weighted by molar-refractivity contribution is 6.31. The minimum Gasteiger partial charge on any atom is -0.355 e. The fourth-order valence-electron chi connectivity index (χ4n) is 3.31. The number of carbonyl (C=O) groups excluding carboxylic acids is 1. The largest absolute Gasteiger partial charge is 0.355 e. The number of carbonyl (C=O) groups is 1. The number of aromatic nitrogens is 2. The third-order valence-electron chi connectivity index (χ3n) is 4.66. The van der Waals surface area contributed by atoms with Crippen LogP contribution in [-0.2, 0) is 0 Å². The van der Waals surface area contributed by atoms with Gasteiger partial charge < -0.3 is 15.5 Å². The molecule has 1 fully saturated rings. The number of halogens is 2. The smallest absolute Gasteiger partial charge is 0.323 e. The lowest BCUT2D eigenvalue weighted by Gasteiger charge is -2.19. The highest BCUT2D eigenvalue weighted by atomic mass is 35.5. The van der Waals surface area contributed by atoms with Crippen LogP contribution < -0.4 is 15.5 Å². The van der Waals surface area contributed by atoms with Crippen LogP contribution in [-0.4, -0.2) is 29.1 Å². The molecule has 1 aliphatic heterocycles. The molecule has 1 aliphatic rings. The molecule has 0 bridgehead atoms. The van der Waals surface area contributed by atoms with Gasteiger partial charge in [-0.3, -0.25) is 4.98 Å². The second-order valence-corrected chi connectivity index (χ2v) is 7.12. The molecule has 2 N–H and O–H groups in total. The van der Waals surface area contributed by atoms with Gasteiger partial charge in [-0.15, -0.1) is 0 Å². The number of benzene rings is 2. The van der Waals surface area contributed by atoms with Crippen molar-refractivity contribution in [1.29, 1.82) is 0 Å². The topological polar surface area (TPSA) is 70.2 Å². The first kappa shape index (κ1) is 19.1. The number of anilines is 3. The summed E-state index contributed by atoms with van der Waals surface area (Å²) in [5.41, 5.74) is 2.65. The van der Waals surface area contributed by atoms with Crippen LogP contribution in [0.4, 0.5) is 26.4 Å². The van der Waals surface area contributed by atoms with Crippen molar-refractivity contribution in [3.8, 4) is 11.3 Å². The van der Waals surface area contributed by atoms with Crippen molar-refractivity contribution in [3.05, 3.63) is 65.7 Å². The van der Waals surface area contributed by atoms with Crippen LogP contribution in [0.5, 0.6) is 0 Å². The summed E-state index contributed by atoms with van der Waals surface area (Å²) < 4.78 is 13.3. The molecule has 0 aliphatic carbocycles. The van der Waals surface area contributed by atoms with Crippen molar-refractivity contribution < 1.29 is 9.18 Å². The summed E-state index contributed by atoms with van der Waals surface area (Å²) in [4.78, 5) is 23.6. The van der Waals surface area contributed by atoms with Crippen molar-refractivity contribution in [2.75, 3.05) is 28.6 Å². The van der Waals surface area contributed by atoms with Crippen LogP contribution in [0.1, 0.15) is 12.8 Å². The molecular weight excluding hydrogens is 393 g/mol. The number of rotatable bonds is 4. The first-order valence-electron chi connectivity index (χ1n) is 9.29. The molecule has 4 rings (SSSR count). The van der Waals surface area contributed by atoms with Gasteiger partial charge in [-0.2, -0.15) is 0 Å². The number of hydrogen-bond donors (Lipinski definition) is 2. The van der Waals surface area contributed by atoms with E-state index in [1.807, 2.05) is 18.2 Å². The Hall–Kier alpha value is -3.19. The first-order valence-corrected chi connectivity index (χ1v) is 9.67. The summed E-state index contributed by atoms with van der Waals surface area (Å²) in [6.45, 7) is 1.93. The molecule has 6 nitrogen and oxygen atoms in total. The third kappa shape index (κ3) is 4.46. The van der Waals surface area contributed by atoms with Crippen molar-refractivity contribution in [2.24, 2.45) is 0 Å². The lowest BCUT2D eigenvalue weighted by molar-refractivity contribution is 0.262. The maximum Gasteiger partial charge on any atom is 0.323 e. The summed E-state index contributed by atoms with van der Waals surface area (Å²) in [5.74, 6) is 0.315. The third-order valence-corrected chi connectivity index (χ3v) is 4.95. The van der Waals surface area contributed by atoms with Crippen LogP contribution in [0, 0.1) is 5.82 Å². The highest BCUT2D eigenvalue weighted by Crippen LogP contribution is 2.30. The molecule has 148 valence electrons. The maximum absolute atomic E-state index is 13.3. The average molecular weight is 412 g/mol. The first-order chi connectivity index (χ1) is 14.1. The van der Waals surface area contributed by atoms with Crippen LogP contribution >= 0.6 is 11.6 Å². The van der Waals surface area contributed by atoms with Gasteiger partial charge in [-0.25, -0.2) is 14.2 Å². The van der Waals surface area contributed by atoms with E-state index in [0.717, 1.165) is 43.0 Å². The molecule has 2 amide bonds. The number of amides is 2. The van der Waals surface area contributed by atoms with E-state index in [-0.39, 0.29) is 5.02 Å². The molecule has 0 atom stereocenters. The lowest BCUT2D eigenvalue weighted by Crippen LogP contribution is -2.20. The molecule has 0 spiro atoms. The Labute approximate surface area is 172 Å². The minimum atomic E-state index is -0.539. The SMILES string of the molecule is O=C(Nc1cccc(-c2nccnc2N2CCCC2)c1)Nc1ccc(F)c(Cl)c1. The number of nitrogens with one attached hydrogen (secondary N) is 2. The van der Waals surface area contributed by atoms with E-state index >= 15 is 0 Å². The Morgan fingerprint density at radius 3 is 2.48 bits per heavy atom. The fourth-order valence-corrected chi connectivity index (χ4v) is 3.49. The van der Waals surface area contributed by atoms with Crippen LogP contribution in [0.2, 0.25) is 5.02 Å². The fraction of sp³-hybridized carbons (Fsp3) is 0.190. The average Bonchev–Trinajstić information content (AvgIpc) is 3.26. The molecular formula is C21H19ClFN5O. The second-order valence-electron chi connectivity index (χ2n) is 6.71. The Kier molecular flexibility index (Phi) is 5.57. The van der Waals surface area contributed by atoms with Crippen molar-refractivity contribution in [2.45, 2.75) is 12.8 Å². The quantitative estimate of drug-likeness (QED) is 0.620. The summed E-state index contributed by atoms with van der Waals surface area (Å²) in [6, 6.07) is 11.0. The van der Waals surface area contributed by atoms with Gasteiger partial charge in [0.25, 0.3) is 0 Å². The minimum absolute atomic E-state index is 0.0538. The number of nitrogens with zero attached hydrogens (tertiary/aromatic N) is 3. The summed E-state index contributed by atoms with van der Waals surface area (Å²) in [7, 11) is 0. The summed E-state index contributed by atoms with van der Waals surface area (Å²) >= 11 is 5.75. The van der Waals surface area contributed by atoms with Crippen molar-refractivity contribution in [3.63, 3.8) is 0 Å². The molecule has 1 aromatic heterocycles. The zero-order chi connectivity index (χ0) is 20.2. The molecule has 8 heteroatoms. The number of hydrogen-bond acceptors (Lipinski definition) is 4. The van der Waals surface area contributed by atoms with Gasteiger partial charge in [-0.05, 0) is 43.2 Å². The van der Waals surface area contributed by atoms with Gasteiger partial charge in [-0.1, -0.05) is 23.7 Å². The van der Waals surface area contributed by atoms with Gasteiger partial charge in [0.15, 0.2) is 5.82 Å². The molecule has 1 saturated heterocycles. The predicted octanol–water partition coefficient (Wildman–Crippen LogP) is 5.18. The molecule has 0 radical (unpaired) electrons. The molecule has 0 saturated carbocycles. The van der Waals surface area contributed by atoms with E-state index in [1.165, 1.54) is 18.2 Å². The Bertz CT molecular complexity index is 1040. The highest BCUT2D eigenvalue weighted by Gasteiger charge is 2.19. The van der Waals surface area contributed by atoms with Gasteiger partial charge in [0.05, 0.1) is 5.02 Å². The molecule has 3 aromatic rings. The number of urea groups is 1. The predicted molar refractivity (Wildman–Crippen MR) is 113 cm³/mol. The van der Waals surface area contributed by atoms with Gasteiger partial charge >= 0.3 is 6.03 Å². The summed E-state index contributed by atoms with van der Waals surface area (Å²) in [6.07, 6.45) is 5.65. The molecule has 2 aromatic carbocycles. The Morgan fingerprint density at radius 2 is 1.72 bits per heavy atom. The van der Waals surface area contributed by atoms with Crippen LogP contribution in [0.3, 0.4) is 0 Å². The van der Waals surface area contributed by atoms with E-state index in [2.05, 4.69) is 25.5 Å². The second kappa shape index (κ2) is 8.45. The van der Waals surface area contributed by atoms with Gasteiger partial charge in [0.1, 0.15) is 11.5 Å². The normalized spacial score (nSPS) is 13.4. The van der Waals surface area contributed by atoms with Crippen molar-refractivity contribution in [1.82, 2.24) is 9.97 Å². The van der Waals surface area contributed by atoms with E-state index in [4.69, 9.17) is 11.6 Å². The molecule has 29 heavy (non-hydrogen) atoms. The Morgan fingerprint density at radius 1 is 1.00 bits per heavy atom. The van der Waals surface area contributed by atoms with E-state index < -0.39 is 11.8 Å². The molecule has 0 unspecified atom stereocenters. The van der Waals surface area contributed by atoms with Crippen molar-refractivity contribution >= 4 is 34.8 Å². The van der Waals surface area contributed by atoms with E-state index in [9.17, 15) is 9.18 Å². The van der Waals surface area contributed by atoms with Crippen LogP contribution in [0.25, 0.3) is 11.3 Å². The van der Waals surface area contributed by atoms with Gasteiger partial charge in [0, 0.05) is 42.4 Å². The standard InChI is InChI=1S/C21H19ClFN5O/c22-17-13-16(6-7-18(17)23)27-21(29)26-15-5-3-4-14(12-15)19-20(25-9-8-24-19)28-10-1-2-11-28/h3-9,12-13H,1-2,10-11H2,(H2,26,27,29). The maximum atomic E-state index is 13.3. The zero-order valence-corrected chi connectivity index (χ0v) is 16.3. The zero-order valence-electron chi connectivity index (χ0n) is 15.5. The summed E-state index contributed by atoms with van der Waals surface area (Å²) in [5, 5.41) is 5.36. The lowest BCUT2D eigenvalue weighted by atomic mass is 10.1.